The van der Waals surface area contributed by atoms with Gasteiger partial charge in [0.25, 0.3) is 0 Å². The lowest BCUT2D eigenvalue weighted by Crippen LogP contribution is -2.69. The highest BCUT2D eigenvalue weighted by Gasteiger charge is 2.66. The van der Waals surface area contributed by atoms with Gasteiger partial charge in [0.05, 0.1) is 18.1 Å². The molecule has 4 atom stereocenters. The average Bonchev–Trinajstić information content (AvgIpc) is 2.79. The van der Waals surface area contributed by atoms with Crippen LogP contribution in [0.25, 0.3) is 0 Å². The first-order valence-corrected chi connectivity index (χ1v) is 7.83. The predicted octanol–water partition coefficient (Wildman–Crippen LogP) is 1.77. The molecule has 0 aromatic heterocycles. The standard InChI is InChI=1S/C17H23NO3/c1-16-13-5-4-8-17(16,19)12(18-2)9-10-6-7-11(20-3)15(21-13)14(10)16/h6-7,12-13,18-19H,4-5,8-9H2,1-3H3/t12-,13+,16-,17-/m0/s1. The molecule has 0 radical (unpaired) electrons. The van der Waals surface area contributed by atoms with Crippen molar-refractivity contribution in [2.45, 2.75) is 55.8 Å². The van der Waals surface area contributed by atoms with Crippen LogP contribution in [0.2, 0.25) is 0 Å². The van der Waals surface area contributed by atoms with E-state index >= 15 is 0 Å². The van der Waals surface area contributed by atoms with Crippen LogP contribution in [0.3, 0.4) is 0 Å². The van der Waals surface area contributed by atoms with E-state index in [1.54, 1.807) is 7.11 Å². The van der Waals surface area contributed by atoms with Crippen molar-refractivity contribution in [3.8, 4) is 11.5 Å². The van der Waals surface area contributed by atoms with Gasteiger partial charge in [0, 0.05) is 11.6 Å². The third-order valence-corrected chi connectivity index (χ3v) is 6.12. The first kappa shape index (κ1) is 13.4. The highest BCUT2D eigenvalue weighted by atomic mass is 16.5. The molecule has 0 amide bonds. The number of ether oxygens (including phenoxy) is 2. The molecule has 21 heavy (non-hydrogen) atoms. The maximum Gasteiger partial charge on any atom is 0.165 e. The SMILES string of the molecule is CN[C@H]1Cc2ccc(OC)c3c2[C@]2(C)[C@@H](CCC[C@]12O)O3. The molecule has 2 aliphatic carbocycles. The lowest BCUT2D eigenvalue weighted by molar-refractivity contribution is -0.123. The summed E-state index contributed by atoms with van der Waals surface area (Å²) >= 11 is 0. The number of methoxy groups -OCH3 is 1. The number of aliphatic hydroxyl groups is 1. The zero-order chi connectivity index (χ0) is 14.8. The minimum absolute atomic E-state index is 0.0393. The quantitative estimate of drug-likeness (QED) is 0.871. The number of benzene rings is 1. The van der Waals surface area contributed by atoms with E-state index in [0.29, 0.717) is 0 Å². The van der Waals surface area contributed by atoms with Gasteiger partial charge >= 0.3 is 0 Å². The molecule has 1 saturated carbocycles. The molecule has 1 fully saturated rings. The van der Waals surface area contributed by atoms with E-state index < -0.39 is 5.60 Å². The summed E-state index contributed by atoms with van der Waals surface area (Å²) in [4.78, 5) is 0. The van der Waals surface area contributed by atoms with Gasteiger partial charge in [0.1, 0.15) is 6.10 Å². The van der Waals surface area contributed by atoms with Gasteiger partial charge in [-0.05, 0) is 51.3 Å². The van der Waals surface area contributed by atoms with Crippen molar-refractivity contribution in [3.63, 3.8) is 0 Å². The summed E-state index contributed by atoms with van der Waals surface area (Å²) in [5.74, 6) is 1.65. The molecule has 1 heterocycles. The molecular weight excluding hydrogens is 266 g/mol. The van der Waals surface area contributed by atoms with Crippen molar-refractivity contribution >= 4 is 0 Å². The Morgan fingerprint density at radius 1 is 1.43 bits per heavy atom. The van der Waals surface area contributed by atoms with Crippen LogP contribution in [0, 0.1) is 0 Å². The van der Waals surface area contributed by atoms with Crippen LogP contribution in [0.4, 0.5) is 0 Å². The summed E-state index contributed by atoms with van der Waals surface area (Å²) < 4.78 is 11.8. The van der Waals surface area contributed by atoms with Crippen LogP contribution < -0.4 is 14.8 Å². The van der Waals surface area contributed by atoms with Gasteiger partial charge in [-0.3, -0.25) is 0 Å². The van der Waals surface area contributed by atoms with Crippen molar-refractivity contribution in [3.05, 3.63) is 23.3 Å². The zero-order valence-electron chi connectivity index (χ0n) is 12.9. The molecule has 0 unspecified atom stereocenters. The summed E-state index contributed by atoms with van der Waals surface area (Å²) in [6.07, 6.45) is 3.70. The molecule has 0 bridgehead atoms. The number of likely N-dealkylation sites (N-methyl/N-ethyl adjacent to an activating group) is 1. The second kappa shape index (κ2) is 4.14. The molecule has 1 aromatic carbocycles. The Morgan fingerprint density at radius 2 is 2.24 bits per heavy atom. The zero-order valence-corrected chi connectivity index (χ0v) is 12.9. The van der Waals surface area contributed by atoms with E-state index in [2.05, 4.69) is 18.3 Å². The molecular formula is C17H23NO3. The smallest absolute Gasteiger partial charge is 0.165 e. The molecule has 1 aliphatic heterocycles. The minimum atomic E-state index is -0.755. The van der Waals surface area contributed by atoms with Crippen LogP contribution in [-0.4, -0.2) is 37.0 Å². The Labute approximate surface area is 125 Å². The molecule has 4 heteroatoms. The van der Waals surface area contributed by atoms with Gasteiger partial charge in [-0.2, -0.15) is 0 Å². The third-order valence-electron chi connectivity index (χ3n) is 6.12. The van der Waals surface area contributed by atoms with Crippen molar-refractivity contribution in [1.82, 2.24) is 5.32 Å². The maximum atomic E-state index is 11.5. The summed E-state index contributed by atoms with van der Waals surface area (Å²) in [5.41, 5.74) is 1.35. The third kappa shape index (κ3) is 1.38. The van der Waals surface area contributed by atoms with E-state index in [0.717, 1.165) is 37.2 Å². The van der Waals surface area contributed by atoms with Crippen LogP contribution in [0.1, 0.15) is 37.3 Å². The second-order valence-corrected chi connectivity index (χ2v) is 6.80. The molecule has 4 nitrogen and oxygen atoms in total. The Balaban J connectivity index is 2.00. The lowest BCUT2D eigenvalue weighted by Gasteiger charge is -2.55. The van der Waals surface area contributed by atoms with Crippen LogP contribution >= 0.6 is 0 Å². The van der Waals surface area contributed by atoms with Crippen LogP contribution in [0.15, 0.2) is 12.1 Å². The summed E-state index contributed by atoms with van der Waals surface area (Å²) in [7, 11) is 3.62. The highest BCUT2D eigenvalue weighted by Crippen LogP contribution is 2.61. The number of nitrogens with one attached hydrogen (secondary N) is 1. The monoisotopic (exact) mass is 289 g/mol. The maximum absolute atomic E-state index is 11.5. The molecule has 1 aromatic rings. The molecule has 0 spiro atoms. The first-order valence-electron chi connectivity index (χ1n) is 7.83. The van der Waals surface area contributed by atoms with Gasteiger partial charge in [0.2, 0.25) is 0 Å². The number of hydrogen-bond acceptors (Lipinski definition) is 4. The Bertz CT molecular complexity index is 602. The molecule has 4 rings (SSSR count). The van der Waals surface area contributed by atoms with E-state index in [1.807, 2.05) is 13.1 Å². The molecule has 2 N–H and O–H groups in total. The van der Waals surface area contributed by atoms with Gasteiger partial charge in [0.15, 0.2) is 11.5 Å². The van der Waals surface area contributed by atoms with Crippen LogP contribution in [0.5, 0.6) is 11.5 Å². The van der Waals surface area contributed by atoms with E-state index in [9.17, 15) is 5.11 Å². The highest BCUT2D eigenvalue weighted by molar-refractivity contribution is 5.61. The van der Waals surface area contributed by atoms with Crippen molar-refractivity contribution < 1.29 is 14.6 Å². The van der Waals surface area contributed by atoms with Crippen LogP contribution in [-0.2, 0) is 11.8 Å². The average molecular weight is 289 g/mol. The second-order valence-electron chi connectivity index (χ2n) is 6.80. The Morgan fingerprint density at radius 3 is 2.95 bits per heavy atom. The van der Waals surface area contributed by atoms with Gasteiger partial charge in [-0.1, -0.05) is 6.07 Å². The normalized spacial score (nSPS) is 39.6. The van der Waals surface area contributed by atoms with E-state index in [4.69, 9.17) is 9.47 Å². The number of hydrogen-bond donors (Lipinski definition) is 2. The van der Waals surface area contributed by atoms with Gasteiger partial charge in [-0.25, -0.2) is 0 Å². The van der Waals surface area contributed by atoms with Gasteiger partial charge in [-0.15, -0.1) is 0 Å². The lowest BCUT2D eigenvalue weighted by atomic mass is 9.53. The molecule has 0 saturated heterocycles. The summed E-state index contributed by atoms with van der Waals surface area (Å²) in [5, 5.41) is 14.9. The van der Waals surface area contributed by atoms with Crippen molar-refractivity contribution in [2.24, 2.45) is 0 Å². The number of rotatable bonds is 2. The topological polar surface area (TPSA) is 50.7 Å². The molecule has 114 valence electrons. The van der Waals surface area contributed by atoms with Gasteiger partial charge < -0.3 is 19.9 Å². The Hall–Kier alpha value is -1.26. The Kier molecular flexibility index (Phi) is 2.64. The predicted molar refractivity (Wildman–Crippen MR) is 80.1 cm³/mol. The summed E-state index contributed by atoms with van der Waals surface area (Å²) in [6.45, 7) is 2.18. The van der Waals surface area contributed by atoms with E-state index in [1.165, 1.54) is 11.1 Å². The largest absolute Gasteiger partial charge is 0.493 e. The first-order chi connectivity index (χ1) is 10.1. The fourth-order valence-corrected chi connectivity index (χ4v) is 4.97. The van der Waals surface area contributed by atoms with Crippen molar-refractivity contribution in [2.75, 3.05) is 14.2 Å². The van der Waals surface area contributed by atoms with E-state index in [-0.39, 0.29) is 17.6 Å². The molecule has 3 aliphatic rings. The fourth-order valence-electron chi connectivity index (χ4n) is 4.97. The fraction of sp³-hybridized carbons (Fsp3) is 0.647. The van der Waals surface area contributed by atoms with Crippen molar-refractivity contribution in [1.29, 1.82) is 0 Å². The minimum Gasteiger partial charge on any atom is -0.493 e. The summed E-state index contributed by atoms with van der Waals surface area (Å²) in [6, 6.07) is 4.19.